The van der Waals surface area contributed by atoms with Crippen LogP contribution < -0.4 is 10.6 Å². The van der Waals surface area contributed by atoms with Crippen molar-refractivity contribution in [1.29, 1.82) is 0 Å². The molecule has 1 aliphatic rings. The Morgan fingerprint density at radius 3 is 2.59 bits per heavy atom. The number of carboxylic acids is 1. The summed E-state index contributed by atoms with van der Waals surface area (Å²) in [5.41, 5.74) is -0.345. The SMILES string of the molecule is CC(C)(C)OC(=O)NC1CC(NCc2cc(C(=O)O)co2)C1. The summed E-state index contributed by atoms with van der Waals surface area (Å²) in [5.74, 6) is -0.416. The lowest BCUT2D eigenvalue weighted by Gasteiger charge is -2.36. The summed E-state index contributed by atoms with van der Waals surface area (Å²) >= 11 is 0. The number of rotatable bonds is 5. The molecule has 0 unspecified atom stereocenters. The Hall–Kier alpha value is -2.02. The molecule has 1 amide bonds. The van der Waals surface area contributed by atoms with Crippen LogP contribution in [0.3, 0.4) is 0 Å². The molecule has 3 N–H and O–H groups in total. The van der Waals surface area contributed by atoms with Crippen molar-refractivity contribution < 1.29 is 23.8 Å². The summed E-state index contributed by atoms with van der Waals surface area (Å²) in [5, 5.41) is 14.9. The molecule has 0 radical (unpaired) electrons. The summed E-state index contributed by atoms with van der Waals surface area (Å²) in [6, 6.07) is 1.89. The average Bonchev–Trinajstić information content (AvgIpc) is 2.78. The van der Waals surface area contributed by atoms with Gasteiger partial charge in [0.2, 0.25) is 0 Å². The first-order valence-corrected chi connectivity index (χ1v) is 7.26. The van der Waals surface area contributed by atoms with Crippen LogP contribution in [-0.4, -0.2) is 34.9 Å². The Morgan fingerprint density at radius 2 is 2.05 bits per heavy atom. The zero-order valence-electron chi connectivity index (χ0n) is 13.0. The molecule has 0 aliphatic heterocycles. The van der Waals surface area contributed by atoms with Crippen LogP contribution in [0.2, 0.25) is 0 Å². The highest BCUT2D eigenvalue weighted by molar-refractivity contribution is 5.87. The van der Waals surface area contributed by atoms with Crippen LogP contribution in [0, 0.1) is 0 Å². The van der Waals surface area contributed by atoms with Gasteiger partial charge in [-0.2, -0.15) is 0 Å². The number of nitrogens with one attached hydrogen (secondary N) is 2. The lowest BCUT2D eigenvalue weighted by molar-refractivity contribution is 0.0464. The number of hydrogen-bond donors (Lipinski definition) is 3. The van der Waals surface area contributed by atoms with Crippen LogP contribution in [0.15, 0.2) is 16.7 Å². The van der Waals surface area contributed by atoms with Crippen molar-refractivity contribution in [1.82, 2.24) is 10.6 Å². The van der Waals surface area contributed by atoms with Crippen LogP contribution in [0.5, 0.6) is 0 Å². The predicted molar refractivity (Wildman–Crippen MR) is 78.7 cm³/mol. The second-order valence-electron chi connectivity index (χ2n) is 6.50. The maximum Gasteiger partial charge on any atom is 0.407 e. The number of carboxylic acid groups (broad SMARTS) is 1. The molecule has 0 spiro atoms. The van der Waals surface area contributed by atoms with Gasteiger partial charge in [-0.1, -0.05) is 0 Å². The molecule has 7 heteroatoms. The molecule has 1 saturated carbocycles. The van der Waals surface area contributed by atoms with E-state index in [0.717, 1.165) is 12.8 Å². The number of ether oxygens (including phenoxy) is 1. The third-order valence-corrected chi connectivity index (χ3v) is 3.32. The van der Waals surface area contributed by atoms with E-state index in [4.69, 9.17) is 14.3 Å². The first-order valence-electron chi connectivity index (χ1n) is 7.26. The number of carbonyl (C=O) groups is 2. The number of aromatic carboxylic acids is 1. The van der Waals surface area contributed by atoms with Crippen LogP contribution in [0.1, 0.15) is 49.7 Å². The molecular formula is C15H22N2O5. The van der Waals surface area contributed by atoms with Crippen molar-refractivity contribution in [2.75, 3.05) is 0 Å². The zero-order valence-corrected chi connectivity index (χ0v) is 13.0. The molecule has 0 bridgehead atoms. The van der Waals surface area contributed by atoms with E-state index >= 15 is 0 Å². The smallest absolute Gasteiger partial charge is 0.407 e. The summed E-state index contributed by atoms with van der Waals surface area (Å²) < 4.78 is 10.4. The van der Waals surface area contributed by atoms with Gasteiger partial charge in [0.15, 0.2) is 0 Å². The fourth-order valence-corrected chi connectivity index (χ4v) is 2.21. The van der Waals surface area contributed by atoms with Crippen LogP contribution in [0.4, 0.5) is 4.79 Å². The van der Waals surface area contributed by atoms with E-state index in [2.05, 4.69) is 10.6 Å². The summed E-state index contributed by atoms with van der Waals surface area (Å²) in [6.45, 7) is 5.95. The van der Waals surface area contributed by atoms with Crippen molar-refractivity contribution in [3.8, 4) is 0 Å². The second-order valence-corrected chi connectivity index (χ2v) is 6.50. The molecule has 2 rings (SSSR count). The van der Waals surface area contributed by atoms with Gasteiger partial charge in [0.25, 0.3) is 0 Å². The topological polar surface area (TPSA) is 101 Å². The maximum absolute atomic E-state index is 11.6. The van der Waals surface area contributed by atoms with Crippen molar-refractivity contribution in [3.05, 3.63) is 23.7 Å². The molecule has 7 nitrogen and oxygen atoms in total. The van der Waals surface area contributed by atoms with E-state index in [-0.39, 0.29) is 17.6 Å². The Labute approximate surface area is 129 Å². The fourth-order valence-electron chi connectivity index (χ4n) is 2.21. The molecule has 1 fully saturated rings. The first-order chi connectivity index (χ1) is 10.2. The average molecular weight is 310 g/mol. The number of alkyl carbamates (subject to hydrolysis) is 1. The van der Waals surface area contributed by atoms with Gasteiger partial charge in [-0.25, -0.2) is 9.59 Å². The highest BCUT2D eigenvalue weighted by Crippen LogP contribution is 2.21. The van der Waals surface area contributed by atoms with E-state index in [1.54, 1.807) is 0 Å². The van der Waals surface area contributed by atoms with Crippen LogP contribution >= 0.6 is 0 Å². The molecular weight excluding hydrogens is 288 g/mol. The van der Waals surface area contributed by atoms with Crippen molar-refractivity contribution in [2.45, 2.75) is 57.8 Å². The number of furan rings is 1. The number of amides is 1. The van der Waals surface area contributed by atoms with E-state index in [0.29, 0.717) is 12.3 Å². The number of hydrogen-bond acceptors (Lipinski definition) is 5. The maximum atomic E-state index is 11.6. The van der Waals surface area contributed by atoms with Crippen LogP contribution in [-0.2, 0) is 11.3 Å². The molecule has 1 heterocycles. The Bertz CT molecular complexity index is 540. The quantitative estimate of drug-likeness (QED) is 0.770. The molecule has 22 heavy (non-hydrogen) atoms. The van der Waals surface area contributed by atoms with Crippen LogP contribution in [0.25, 0.3) is 0 Å². The van der Waals surface area contributed by atoms with Gasteiger partial charge < -0.3 is 24.9 Å². The Balaban J connectivity index is 1.65. The summed E-state index contributed by atoms with van der Waals surface area (Å²) in [7, 11) is 0. The monoisotopic (exact) mass is 310 g/mol. The minimum Gasteiger partial charge on any atom is -0.478 e. The highest BCUT2D eigenvalue weighted by Gasteiger charge is 2.31. The predicted octanol–water partition coefficient (Wildman–Crippen LogP) is 2.12. The van der Waals surface area contributed by atoms with E-state index in [9.17, 15) is 9.59 Å². The molecule has 1 aromatic rings. The summed E-state index contributed by atoms with van der Waals surface area (Å²) in [6.07, 6.45) is 2.46. The standard InChI is InChI=1S/C15H22N2O5/c1-15(2,3)22-14(20)17-11-5-10(6-11)16-7-12-4-9(8-21-12)13(18)19/h4,8,10-11,16H,5-7H2,1-3H3,(H,17,20)(H,18,19). The largest absolute Gasteiger partial charge is 0.478 e. The zero-order chi connectivity index (χ0) is 16.3. The second kappa shape index (κ2) is 6.39. The van der Waals surface area contributed by atoms with E-state index in [1.807, 2.05) is 20.8 Å². The van der Waals surface area contributed by atoms with Crippen molar-refractivity contribution >= 4 is 12.1 Å². The van der Waals surface area contributed by atoms with Gasteiger partial charge >= 0.3 is 12.1 Å². The summed E-state index contributed by atoms with van der Waals surface area (Å²) in [4.78, 5) is 22.3. The molecule has 122 valence electrons. The molecule has 0 aromatic carbocycles. The van der Waals surface area contributed by atoms with Gasteiger partial charge in [0.1, 0.15) is 17.6 Å². The molecule has 1 aliphatic carbocycles. The Kier molecular flexibility index (Phi) is 4.75. The minimum atomic E-state index is -1.000. The highest BCUT2D eigenvalue weighted by atomic mass is 16.6. The Morgan fingerprint density at radius 1 is 1.36 bits per heavy atom. The van der Waals surface area contributed by atoms with Crippen molar-refractivity contribution in [3.63, 3.8) is 0 Å². The normalized spacial score (nSPS) is 21.0. The lowest BCUT2D eigenvalue weighted by Crippen LogP contribution is -2.52. The number of carbonyl (C=O) groups excluding carboxylic acids is 1. The molecule has 0 atom stereocenters. The first kappa shape index (κ1) is 16.4. The van der Waals surface area contributed by atoms with Gasteiger partial charge in [0, 0.05) is 12.1 Å². The van der Waals surface area contributed by atoms with Gasteiger partial charge in [-0.3, -0.25) is 0 Å². The lowest BCUT2D eigenvalue weighted by atomic mass is 9.87. The third-order valence-electron chi connectivity index (χ3n) is 3.32. The third kappa shape index (κ3) is 4.77. The molecule has 0 saturated heterocycles. The van der Waals surface area contributed by atoms with Gasteiger partial charge in [-0.15, -0.1) is 0 Å². The van der Waals surface area contributed by atoms with Gasteiger partial charge in [-0.05, 0) is 39.7 Å². The van der Waals surface area contributed by atoms with Crippen molar-refractivity contribution in [2.24, 2.45) is 0 Å². The van der Waals surface area contributed by atoms with E-state index < -0.39 is 17.7 Å². The minimum absolute atomic E-state index is 0.110. The van der Waals surface area contributed by atoms with E-state index in [1.165, 1.54) is 12.3 Å². The fraction of sp³-hybridized carbons (Fsp3) is 0.600. The van der Waals surface area contributed by atoms with Gasteiger partial charge in [0.05, 0.1) is 12.1 Å². The molecule has 1 aromatic heterocycles.